The molecular formula is C25H29ClN2O2. The fraction of sp³-hybridized carbons (Fsp3) is 0.440. The van der Waals surface area contributed by atoms with Crippen molar-refractivity contribution in [2.24, 2.45) is 0 Å². The number of likely N-dealkylation sites (tertiary alicyclic amines) is 1. The molecule has 1 atom stereocenters. The van der Waals surface area contributed by atoms with Crippen molar-refractivity contribution in [1.82, 2.24) is 4.90 Å². The maximum Gasteiger partial charge on any atom is 0.225 e. The van der Waals surface area contributed by atoms with Crippen LogP contribution in [0.25, 0.3) is 0 Å². The monoisotopic (exact) mass is 424 g/mol. The molecule has 2 aromatic carbocycles. The molecule has 0 spiro atoms. The number of nitrogens with one attached hydrogen (secondary N) is 1. The van der Waals surface area contributed by atoms with Crippen molar-refractivity contribution in [2.75, 3.05) is 18.4 Å². The number of halogens is 1. The van der Waals surface area contributed by atoms with Crippen LogP contribution in [0, 0.1) is 0 Å². The SMILES string of the molecule is CC1(C)CC(=O)Nc2cc(Cl)c(C(=O)CN3CCCCC3Cc3ccccc3)cc21. The molecule has 5 heteroatoms. The first-order chi connectivity index (χ1) is 14.3. The number of hydrogen-bond acceptors (Lipinski definition) is 3. The number of fused-ring (bicyclic) bond motifs is 1. The van der Waals surface area contributed by atoms with Gasteiger partial charge in [0.1, 0.15) is 0 Å². The lowest BCUT2D eigenvalue weighted by molar-refractivity contribution is -0.117. The number of benzene rings is 2. The number of piperidine rings is 1. The van der Waals surface area contributed by atoms with Crippen LogP contribution in [-0.4, -0.2) is 35.7 Å². The molecule has 158 valence electrons. The van der Waals surface area contributed by atoms with Crippen molar-refractivity contribution in [2.45, 2.75) is 57.4 Å². The minimum atomic E-state index is -0.321. The molecule has 0 bridgehead atoms. The molecule has 2 aromatic rings. The molecule has 0 saturated carbocycles. The molecule has 0 aliphatic carbocycles. The van der Waals surface area contributed by atoms with Gasteiger partial charge in [-0.1, -0.05) is 62.2 Å². The van der Waals surface area contributed by atoms with Gasteiger partial charge in [0.25, 0.3) is 0 Å². The first kappa shape index (κ1) is 21.1. The first-order valence-corrected chi connectivity index (χ1v) is 11.2. The van der Waals surface area contributed by atoms with E-state index in [4.69, 9.17) is 11.6 Å². The van der Waals surface area contributed by atoms with Crippen molar-refractivity contribution in [3.05, 3.63) is 64.2 Å². The van der Waals surface area contributed by atoms with E-state index in [1.807, 2.05) is 26.0 Å². The highest BCUT2D eigenvalue weighted by Crippen LogP contribution is 2.40. The fourth-order valence-electron chi connectivity index (χ4n) is 4.80. The molecule has 4 nitrogen and oxygen atoms in total. The van der Waals surface area contributed by atoms with E-state index >= 15 is 0 Å². The maximum absolute atomic E-state index is 13.3. The van der Waals surface area contributed by atoms with Crippen molar-refractivity contribution in [3.8, 4) is 0 Å². The van der Waals surface area contributed by atoms with E-state index < -0.39 is 0 Å². The molecular weight excluding hydrogens is 396 g/mol. The van der Waals surface area contributed by atoms with Crippen LogP contribution < -0.4 is 5.32 Å². The number of ketones is 1. The Morgan fingerprint density at radius 1 is 1.20 bits per heavy atom. The second kappa shape index (κ2) is 8.52. The third kappa shape index (κ3) is 4.45. The summed E-state index contributed by atoms with van der Waals surface area (Å²) in [4.78, 5) is 27.6. The summed E-state index contributed by atoms with van der Waals surface area (Å²) < 4.78 is 0. The molecule has 30 heavy (non-hydrogen) atoms. The number of Topliss-reactive ketones (excluding diaryl/α,β-unsaturated/α-hetero) is 1. The highest BCUT2D eigenvalue weighted by Gasteiger charge is 2.34. The number of carbonyl (C=O) groups excluding carboxylic acids is 2. The van der Waals surface area contributed by atoms with Crippen LogP contribution in [0.3, 0.4) is 0 Å². The van der Waals surface area contributed by atoms with Gasteiger partial charge < -0.3 is 5.32 Å². The Hall–Kier alpha value is -2.17. The quantitative estimate of drug-likeness (QED) is 0.667. The van der Waals surface area contributed by atoms with Crippen LogP contribution in [0.4, 0.5) is 5.69 Å². The molecule has 1 amide bonds. The number of rotatable bonds is 5. The molecule has 2 heterocycles. The summed E-state index contributed by atoms with van der Waals surface area (Å²) in [5.41, 5.74) is 3.25. The number of hydrogen-bond donors (Lipinski definition) is 1. The number of amides is 1. The van der Waals surface area contributed by atoms with Crippen LogP contribution in [-0.2, 0) is 16.6 Å². The van der Waals surface area contributed by atoms with E-state index in [-0.39, 0.29) is 17.1 Å². The minimum absolute atomic E-state index is 0.0142. The second-order valence-corrected chi connectivity index (χ2v) is 9.63. The maximum atomic E-state index is 13.3. The number of carbonyl (C=O) groups is 2. The lowest BCUT2D eigenvalue weighted by Crippen LogP contribution is -2.43. The lowest BCUT2D eigenvalue weighted by atomic mass is 9.77. The van der Waals surface area contributed by atoms with Crippen LogP contribution >= 0.6 is 11.6 Å². The van der Waals surface area contributed by atoms with Gasteiger partial charge >= 0.3 is 0 Å². The third-order valence-electron chi connectivity index (χ3n) is 6.42. The topological polar surface area (TPSA) is 49.4 Å². The van der Waals surface area contributed by atoms with Crippen molar-refractivity contribution in [1.29, 1.82) is 0 Å². The van der Waals surface area contributed by atoms with E-state index in [9.17, 15) is 9.59 Å². The van der Waals surface area contributed by atoms with E-state index in [0.717, 1.165) is 37.1 Å². The summed E-state index contributed by atoms with van der Waals surface area (Å²) in [6.45, 7) is 5.39. The molecule has 0 aromatic heterocycles. The van der Waals surface area contributed by atoms with Crippen LogP contribution in [0.15, 0.2) is 42.5 Å². The van der Waals surface area contributed by atoms with Crippen molar-refractivity contribution < 1.29 is 9.59 Å². The largest absolute Gasteiger partial charge is 0.326 e. The molecule has 1 fully saturated rings. The Kier molecular flexibility index (Phi) is 5.99. The minimum Gasteiger partial charge on any atom is -0.326 e. The Bertz CT molecular complexity index is 955. The summed E-state index contributed by atoms with van der Waals surface area (Å²) in [7, 11) is 0. The standard InChI is InChI=1S/C25H29ClN2O2/c1-25(2)15-24(30)27-22-14-21(26)19(13-20(22)25)23(29)16-28-11-7-6-10-18(28)12-17-8-4-3-5-9-17/h3-5,8-9,13-14,18H,6-7,10-12,15-16H2,1-2H3,(H,27,30). The Labute approximate surface area is 183 Å². The van der Waals surface area contributed by atoms with Crippen LogP contribution in [0.2, 0.25) is 5.02 Å². The van der Waals surface area contributed by atoms with Crippen molar-refractivity contribution >= 4 is 29.0 Å². The van der Waals surface area contributed by atoms with E-state index in [1.54, 1.807) is 6.07 Å². The van der Waals surface area contributed by atoms with E-state index in [0.29, 0.717) is 29.6 Å². The van der Waals surface area contributed by atoms with Gasteiger partial charge in [0, 0.05) is 29.1 Å². The van der Waals surface area contributed by atoms with Gasteiger partial charge in [0.2, 0.25) is 5.91 Å². The highest BCUT2D eigenvalue weighted by molar-refractivity contribution is 6.34. The Morgan fingerprint density at radius 3 is 2.73 bits per heavy atom. The van der Waals surface area contributed by atoms with Gasteiger partial charge in [0.15, 0.2) is 5.78 Å². The van der Waals surface area contributed by atoms with Gasteiger partial charge in [-0.3, -0.25) is 14.5 Å². The van der Waals surface area contributed by atoms with E-state index in [1.165, 1.54) is 12.0 Å². The smallest absolute Gasteiger partial charge is 0.225 e. The summed E-state index contributed by atoms with van der Waals surface area (Å²) in [6.07, 6.45) is 4.80. The molecule has 1 N–H and O–H groups in total. The van der Waals surface area contributed by atoms with Gasteiger partial charge in [-0.2, -0.15) is 0 Å². The molecule has 1 saturated heterocycles. The second-order valence-electron chi connectivity index (χ2n) is 9.22. The molecule has 1 unspecified atom stereocenters. The highest BCUT2D eigenvalue weighted by atomic mass is 35.5. The van der Waals surface area contributed by atoms with Gasteiger partial charge in [-0.15, -0.1) is 0 Å². The first-order valence-electron chi connectivity index (χ1n) is 10.8. The third-order valence-corrected chi connectivity index (χ3v) is 6.74. The van der Waals surface area contributed by atoms with E-state index in [2.05, 4.69) is 34.5 Å². The summed E-state index contributed by atoms with van der Waals surface area (Å²) in [5.74, 6) is 0.0372. The summed E-state index contributed by atoms with van der Waals surface area (Å²) in [6, 6.07) is 14.5. The molecule has 4 rings (SSSR count). The van der Waals surface area contributed by atoms with Gasteiger partial charge in [-0.05, 0) is 49.1 Å². The number of nitrogens with zero attached hydrogens (tertiary/aromatic N) is 1. The summed E-state index contributed by atoms with van der Waals surface area (Å²) in [5, 5.41) is 3.30. The van der Waals surface area contributed by atoms with Crippen molar-refractivity contribution in [3.63, 3.8) is 0 Å². The predicted octanol–water partition coefficient (Wildman–Crippen LogP) is 5.24. The average molecular weight is 425 g/mol. The number of anilines is 1. The molecule has 2 aliphatic heterocycles. The zero-order chi connectivity index (χ0) is 21.3. The lowest BCUT2D eigenvalue weighted by Gasteiger charge is -2.36. The zero-order valence-corrected chi connectivity index (χ0v) is 18.5. The van der Waals surface area contributed by atoms with Crippen LogP contribution in [0.5, 0.6) is 0 Å². The van der Waals surface area contributed by atoms with Gasteiger partial charge in [-0.25, -0.2) is 0 Å². The molecule has 0 radical (unpaired) electrons. The zero-order valence-electron chi connectivity index (χ0n) is 17.7. The van der Waals surface area contributed by atoms with Gasteiger partial charge in [0.05, 0.1) is 11.6 Å². The predicted molar refractivity (Wildman–Crippen MR) is 121 cm³/mol. The fourth-order valence-corrected chi connectivity index (χ4v) is 5.07. The Morgan fingerprint density at radius 2 is 1.97 bits per heavy atom. The summed E-state index contributed by atoms with van der Waals surface area (Å²) >= 11 is 6.49. The average Bonchev–Trinajstić information content (AvgIpc) is 2.69. The Balaban J connectivity index is 1.55. The van der Waals surface area contributed by atoms with Crippen LogP contribution in [0.1, 0.15) is 61.0 Å². The molecule has 2 aliphatic rings. The normalized spacial score (nSPS) is 21.0.